The van der Waals surface area contributed by atoms with Gasteiger partial charge in [-0.1, -0.05) is 6.07 Å². The number of carbonyl (C=O) groups is 2. The fourth-order valence-corrected chi connectivity index (χ4v) is 3.44. The summed E-state index contributed by atoms with van der Waals surface area (Å²) in [6, 6.07) is 5.58. The number of piperidine rings is 1. The molecule has 2 aliphatic rings. The van der Waals surface area contributed by atoms with Gasteiger partial charge in [0.15, 0.2) is 0 Å². The third-order valence-electron chi connectivity index (χ3n) is 4.78. The van der Waals surface area contributed by atoms with Gasteiger partial charge in [-0.15, -0.1) is 0 Å². The molecular formula is C20H29N3O4. The van der Waals surface area contributed by atoms with E-state index in [4.69, 9.17) is 9.47 Å². The average Bonchev–Trinajstić information content (AvgIpc) is 2.67. The number of pyridine rings is 1. The fourth-order valence-electron chi connectivity index (χ4n) is 3.44. The van der Waals surface area contributed by atoms with Crippen LogP contribution in [-0.2, 0) is 9.47 Å². The lowest BCUT2D eigenvalue weighted by atomic mass is 9.94. The van der Waals surface area contributed by atoms with Crippen LogP contribution in [0.1, 0.15) is 55.7 Å². The van der Waals surface area contributed by atoms with Crippen LogP contribution in [0.15, 0.2) is 18.2 Å². The molecule has 0 aliphatic carbocycles. The van der Waals surface area contributed by atoms with Gasteiger partial charge >= 0.3 is 6.09 Å². The van der Waals surface area contributed by atoms with Gasteiger partial charge in [-0.25, -0.2) is 9.78 Å². The Morgan fingerprint density at radius 2 is 1.89 bits per heavy atom. The van der Waals surface area contributed by atoms with Crippen molar-refractivity contribution in [2.24, 2.45) is 0 Å². The molecule has 1 atom stereocenters. The monoisotopic (exact) mass is 375 g/mol. The van der Waals surface area contributed by atoms with Gasteiger partial charge < -0.3 is 19.3 Å². The molecule has 3 heterocycles. The highest BCUT2D eigenvalue weighted by Crippen LogP contribution is 2.27. The van der Waals surface area contributed by atoms with Crippen LogP contribution in [0.2, 0.25) is 0 Å². The van der Waals surface area contributed by atoms with E-state index in [-0.39, 0.29) is 17.9 Å². The number of carbonyl (C=O) groups excluding carboxylic acids is 2. The summed E-state index contributed by atoms with van der Waals surface area (Å²) in [6.07, 6.45) is 1.56. The molecule has 2 amide bonds. The van der Waals surface area contributed by atoms with Crippen LogP contribution in [-0.4, -0.2) is 71.8 Å². The van der Waals surface area contributed by atoms with Crippen molar-refractivity contribution in [2.45, 2.75) is 45.1 Å². The maximum absolute atomic E-state index is 12.7. The van der Waals surface area contributed by atoms with E-state index in [1.165, 1.54) is 0 Å². The number of hydrogen-bond acceptors (Lipinski definition) is 5. The zero-order valence-electron chi connectivity index (χ0n) is 16.4. The Labute approximate surface area is 160 Å². The maximum Gasteiger partial charge on any atom is 0.410 e. The van der Waals surface area contributed by atoms with Crippen LogP contribution >= 0.6 is 0 Å². The highest BCUT2D eigenvalue weighted by atomic mass is 16.6. The zero-order chi connectivity index (χ0) is 19.4. The molecule has 0 aromatic carbocycles. The average molecular weight is 375 g/mol. The Bertz CT molecular complexity index is 680. The number of amides is 2. The topological polar surface area (TPSA) is 72.0 Å². The first-order chi connectivity index (χ1) is 12.8. The quantitative estimate of drug-likeness (QED) is 0.795. The SMILES string of the molecule is CC(C)(C)OC(=O)N1CCC[C@H](c2cccc(C(=O)N3CCOCC3)n2)C1. The fraction of sp³-hybridized carbons (Fsp3) is 0.650. The van der Waals surface area contributed by atoms with E-state index >= 15 is 0 Å². The van der Waals surface area contributed by atoms with E-state index in [2.05, 4.69) is 4.98 Å². The molecule has 0 bridgehead atoms. The zero-order valence-corrected chi connectivity index (χ0v) is 16.4. The number of rotatable bonds is 2. The highest BCUT2D eigenvalue weighted by Gasteiger charge is 2.29. The number of likely N-dealkylation sites (tertiary alicyclic amines) is 1. The van der Waals surface area contributed by atoms with Crippen LogP contribution in [0.3, 0.4) is 0 Å². The molecule has 7 nitrogen and oxygen atoms in total. The number of ether oxygens (including phenoxy) is 2. The van der Waals surface area contributed by atoms with Gasteiger partial charge in [-0.2, -0.15) is 0 Å². The lowest BCUT2D eigenvalue weighted by molar-refractivity contribution is 0.0196. The van der Waals surface area contributed by atoms with Crippen molar-refractivity contribution in [1.82, 2.24) is 14.8 Å². The minimum Gasteiger partial charge on any atom is -0.444 e. The lowest BCUT2D eigenvalue weighted by Crippen LogP contribution is -2.42. The van der Waals surface area contributed by atoms with Crippen molar-refractivity contribution in [3.05, 3.63) is 29.6 Å². The minimum atomic E-state index is -0.507. The number of aromatic nitrogens is 1. The van der Waals surface area contributed by atoms with Crippen molar-refractivity contribution in [2.75, 3.05) is 39.4 Å². The van der Waals surface area contributed by atoms with Crippen LogP contribution in [0, 0.1) is 0 Å². The van der Waals surface area contributed by atoms with Gasteiger partial charge in [0.2, 0.25) is 0 Å². The van der Waals surface area contributed by atoms with Crippen LogP contribution in [0.5, 0.6) is 0 Å². The van der Waals surface area contributed by atoms with Gasteiger partial charge in [0.05, 0.1) is 13.2 Å². The molecule has 0 N–H and O–H groups in total. The van der Waals surface area contributed by atoms with E-state index < -0.39 is 5.60 Å². The van der Waals surface area contributed by atoms with Crippen molar-refractivity contribution in [3.8, 4) is 0 Å². The summed E-state index contributed by atoms with van der Waals surface area (Å²) in [7, 11) is 0. The predicted octanol–water partition coefficient (Wildman–Crippen LogP) is 2.67. The summed E-state index contributed by atoms with van der Waals surface area (Å²) in [6.45, 7) is 9.20. The number of nitrogens with zero attached hydrogens (tertiary/aromatic N) is 3. The first-order valence-corrected chi connectivity index (χ1v) is 9.65. The van der Waals surface area contributed by atoms with Gasteiger partial charge in [-0.05, 0) is 45.7 Å². The number of hydrogen-bond donors (Lipinski definition) is 0. The molecule has 0 unspecified atom stereocenters. The summed E-state index contributed by atoms with van der Waals surface area (Å²) >= 11 is 0. The van der Waals surface area contributed by atoms with Crippen molar-refractivity contribution in [1.29, 1.82) is 0 Å². The molecule has 2 aliphatic heterocycles. The molecule has 0 spiro atoms. The van der Waals surface area contributed by atoms with Crippen LogP contribution in [0.4, 0.5) is 4.79 Å². The largest absolute Gasteiger partial charge is 0.444 e. The van der Waals surface area contributed by atoms with E-state index in [9.17, 15) is 9.59 Å². The van der Waals surface area contributed by atoms with E-state index in [0.29, 0.717) is 45.1 Å². The van der Waals surface area contributed by atoms with Crippen LogP contribution in [0.25, 0.3) is 0 Å². The second-order valence-electron chi connectivity index (χ2n) is 8.12. The van der Waals surface area contributed by atoms with Crippen molar-refractivity contribution >= 4 is 12.0 Å². The second-order valence-corrected chi connectivity index (χ2v) is 8.12. The highest BCUT2D eigenvalue weighted by molar-refractivity contribution is 5.92. The summed E-state index contributed by atoms with van der Waals surface area (Å²) in [5.41, 5.74) is 0.818. The molecule has 7 heteroatoms. The molecule has 0 radical (unpaired) electrons. The van der Waals surface area contributed by atoms with Gasteiger partial charge in [0.1, 0.15) is 11.3 Å². The summed E-state index contributed by atoms with van der Waals surface area (Å²) in [5, 5.41) is 0. The second kappa shape index (κ2) is 8.25. The maximum atomic E-state index is 12.7. The molecule has 148 valence electrons. The van der Waals surface area contributed by atoms with Crippen LogP contribution < -0.4 is 0 Å². The molecule has 1 aromatic rings. The minimum absolute atomic E-state index is 0.0556. The number of morpholine rings is 1. The first-order valence-electron chi connectivity index (χ1n) is 9.65. The van der Waals surface area contributed by atoms with Gasteiger partial charge in [-0.3, -0.25) is 4.79 Å². The van der Waals surface area contributed by atoms with Gasteiger partial charge in [0, 0.05) is 37.8 Å². The Balaban J connectivity index is 1.68. The lowest BCUT2D eigenvalue weighted by Gasteiger charge is -2.34. The van der Waals surface area contributed by atoms with Crippen molar-refractivity contribution < 1.29 is 19.1 Å². The summed E-state index contributed by atoms with van der Waals surface area (Å²) in [5.74, 6) is 0.0589. The standard InChI is InChI=1S/C20H29N3O4/c1-20(2,3)27-19(25)23-9-5-6-15(14-23)16-7-4-8-17(21-16)18(24)22-10-12-26-13-11-22/h4,7-8,15H,5-6,9-14H2,1-3H3/t15-/m0/s1. The Kier molecular flexibility index (Phi) is 5.99. The summed E-state index contributed by atoms with van der Waals surface area (Å²) in [4.78, 5) is 33.2. The Hall–Kier alpha value is -2.15. The Morgan fingerprint density at radius 3 is 2.59 bits per heavy atom. The first kappa shape index (κ1) is 19.6. The Morgan fingerprint density at radius 1 is 1.15 bits per heavy atom. The normalized spacial score (nSPS) is 21.1. The molecule has 0 saturated carbocycles. The van der Waals surface area contributed by atoms with Crippen molar-refractivity contribution in [3.63, 3.8) is 0 Å². The molecular weight excluding hydrogens is 346 g/mol. The molecule has 27 heavy (non-hydrogen) atoms. The predicted molar refractivity (Wildman–Crippen MR) is 101 cm³/mol. The third-order valence-corrected chi connectivity index (χ3v) is 4.78. The third kappa shape index (κ3) is 5.19. The molecule has 2 fully saturated rings. The summed E-state index contributed by atoms with van der Waals surface area (Å²) < 4.78 is 10.8. The van der Waals surface area contributed by atoms with Gasteiger partial charge in [0.25, 0.3) is 5.91 Å². The van der Waals surface area contributed by atoms with E-state index in [1.807, 2.05) is 32.9 Å². The molecule has 1 aromatic heterocycles. The van der Waals surface area contributed by atoms with E-state index in [1.54, 1.807) is 15.9 Å². The smallest absolute Gasteiger partial charge is 0.410 e. The molecule has 3 rings (SSSR count). The van der Waals surface area contributed by atoms with E-state index in [0.717, 1.165) is 18.5 Å². The molecule has 2 saturated heterocycles.